The first-order valence-corrected chi connectivity index (χ1v) is 5.46. The smallest absolute Gasteiger partial charge is 0.238 e. The summed E-state index contributed by atoms with van der Waals surface area (Å²) >= 11 is 0. The van der Waals surface area contributed by atoms with Crippen molar-refractivity contribution < 1.29 is 19.4 Å². The normalized spacial score (nSPS) is 10.7. The summed E-state index contributed by atoms with van der Waals surface area (Å²) in [6, 6.07) is 6.53. The average molecular weight is 251 g/mol. The lowest BCUT2D eigenvalue weighted by Gasteiger charge is -2.07. The average Bonchev–Trinajstić information content (AvgIpc) is 2.29. The van der Waals surface area contributed by atoms with Crippen LogP contribution >= 0.6 is 0 Å². The fourth-order valence-electron chi connectivity index (χ4n) is 0.922. The van der Waals surface area contributed by atoms with Crippen molar-refractivity contribution in [3.05, 3.63) is 29.8 Å². The molecule has 1 aromatic rings. The SMILES string of the molecule is CC(C)O.CC(N=C=O)Oc1ccc(C=O)cc1. The number of isocyanates is 1. The zero-order valence-electron chi connectivity index (χ0n) is 10.7. The Morgan fingerprint density at radius 1 is 1.28 bits per heavy atom. The Bertz CT molecular complexity index is 391. The monoisotopic (exact) mass is 251 g/mol. The van der Waals surface area contributed by atoms with Crippen LogP contribution < -0.4 is 4.74 Å². The molecule has 1 N–H and O–H groups in total. The summed E-state index contributed by atoms with van der Waals surface area (Å²) in [7, 11) is 0. The summed E-state index contributed by atoms with van der Waals surface area (Å²) in [5.74, 6) is 0.558. The predicted octanol–water partition coefficient (Wildman–Crippen LogP) is 1.95. The Labute approximate surface area is 106 Å². The highest BCUT2D eigenvalue weighted by atomic mass is 16.5. The molecule has 1 aromatic carbocycles. The Morgan fingerprint density at radius 2 is 1.78 bits per heavy atom. The second-order valence-electron chi connectivity index (χ2n) is 3.72. The molecule has 0 bridgehead atoms. The number of benzene rings is 1. The molecule has 0 amide bonds. The van der Waals surface area contributed by atoms with Gasteiger partial charge in [0.2, 0.25) is 6.08 Å². The molecule has 5 heteroatoms. The van der Waals surface area contributed by atoms with E-state index in [-0.39, 0.29) is 6.10 Å². The molecular weight excluding hydrogens is 234 g/mol. The van der Waals surface area contributed by atoms with Gasteiger partial charge in [-0.05, 0) is 45.0 Å². The number of ether oxygens (including phenoxy) is 1. The molecular formula is C13H17NO4. The zero-order valence-corrected chi connectivity index (χ0v) is 10.7. The standard InChI is InChI=1S/C10H9NO3.C3H8O/c1-8(11-7-13)14-10-4-2-9(6-12)3-5-10;1-3(2)4/h2-6,8H,1H3;3-4H,1-2H3. The first-order chi connectivity index (χ1) is 8.49. The summed E-state index contributed by atoms with van der Waals surface area (Å²) in [4.78, 5) is 23.6. The van der Waals surface area contributed by atoms with Gasteiger partial charge in [-0.15, -0.1) is 0 Å². The van der Waals surface area contributed by atoms with E-state index in [1.807, 2.05) is 0 Å². The van der Waals surface area contributed by atoms with Gasteiger partial charge in [0, 0.05) is 11.7 Å². The Hall–Kier alpha value is -1.97. The lowest BCUT2D eigenvalue weighted by atomic mass is 10.2. The van der Waals surface area contributed by atoms with Crippen LogP contribution in [0, 0.1) is 0 Å². The van der Waals surface area contributed by atoms with E-state index in [0.717, 1.165) is 6.29 Å². The molecule has 5 nitrogen and oxygen atoms in total. The van der Waals surface area contributed by atoms with E-state index in [4.69, 9.17) is 9.84 Å². The van der Waals surface area contributed by atoms with E-state index in [0.29, 0.717) is 11.3 Å². The molecule has 0 aromatic heterocycles. The largest absolute Gasteiger partial charge is 0.468 e. The van der Waals surface area contributed by atoms with E-state index in [2.05, 4.69) is 4.99 Å². The van der Waals surface area contributed by atoms with Crippen molar-refractivity contribution in [1.82, 2.24) is 0 Å². The van der Waals surface area contributed by atoms with Crippen molar-refractivity contribution in [3.63, 3.8) is 0 Å². The van der Waals surface area contributed by atoms with Crippen LogP contribution in [0.15, 0.2) is 29.3 Å². The maximum Gasteiger partial charge on any atom is 0.238 e. The minimum Gasteiger partial charge on any atom is -0.468 e. The van der Waals surface area contributed by atoms with Crippen LogP contribution in [0.3, 0.4) is 0 Å². The van der Waals surface area contributed by atoms with Crippen LogP contribution in [0.2, 0.25) is 0 Å². The molecule has 0 saturated carbocycles. The van der Waals surface area contributed by atoms with Crippen LogP contribution in [-0.4, -0.2) is 29.8 Å². The highest BCUT2D eigenvalue weighted by Gasteiger charge is 2.00. The molecule has 0 heterocycles. The third-order valence-corrected chi connectivity index (χ3v) is 1.56. The summed E-state index contributed by atoms with van der Waals surface area (Å²) < 4.78 is 5.21. The van der Waals surface area contributed by atoms with Crippen molar-refractivity contribution in [2.45, 2.75) is 33.1 Å². The van der Waals surface area contributed by atoms with Gasteiger partial charge in [0.1, 0.15) is 12.0 Å². The summed E-state index contributed by atoms with van der Waals surface area (Å²) in [6.45, 7) is 5.07. The number of aliphatic hydroxyl groups is 1. The summed E-state index contributed by atoms with van der Waals surface area (Å²) in [5, 5.41) is 8.06. The molecule has 0 saturated heterocycles. The first-order valence-electron chi connectivity index (χ1n) is 5.46. The maximum absolute atomic E-state index is 10.3. The first kappa shape index (κ1) is 16.0. The van der Waals surface area contributed by atoms with E-state index in [9.17, 15) is 9.59 Å². The lowest BCUT2D eigenvalue weighted by molar-refractivity contribution is 0.112. The van der Waals surface area contributed by atoms with E-state index in [1.54, 1.807) is 45.0 Å². The molecule has 0 fully saturated rings. The fourth-order valence-corrected chi connectivity index (χ4v) is 0.922. The maximum atomic E-state index is 10.3. The van der Waals surface area contributed by atoms with Crippen molar-refractivity contribution in [1.29, 1.82) is 0 Å². The van der Waals surface area contributed by atoms with Gasteiger partial charge in [0.05, 0.1) is 0 Å². The van der Waals surface area contributed by atoms with Gasteiger partial charge in [0.15, 0.2) is 6.23 Å². The highest BCUT2D eigenvalue weighted by Crippen LogP contribution is 2.12. The van der Waals surface area contributed by atoms with E-state index >= 15 is 0 Å². The molecule has 1 rings (SSSR count). The van der Waals surface area contributed by atoms with Crippen LogP contribution in [0.4, 0.5) is 0 Å². The Kier molecular flexibility index (Phi) is 8.10. The number of rotatable bonds is 4. The molecule has 0 aliphatic rings. The van der Waals surface area contributed by atoms with Crippen molar-refractivity contribution in [2.75, 3.05) is 0 Å². The number of aliphatic hydroxyl groups excluding tert-OH is 1. The number of nitrogens with zero attached hydrogens (tertiary/aromatic N) is 1. The zero-order chi connectivity index (χ0) is 14.0. The van der Waals surface area contributed by atoms with Gasteiger partial charge < -0.3 is 9.84 Å². The molecule has 0 aliphatic heterocycles. The minimum atomic E-state index is -0.561. The summed E-state index contributed by atoms with van der Waals surface area (Å²) in [6.07, 6.45) is 1.42. The molecule has 0 radical (unpaired) electrons. The number of carbonyl (C=O) groups is 1. The highest BCUT2D eigenvalue weighted by molar-refractivity contribution is 5.74. The van der Waals surface area contributed by atoms with Crippen LogP contribution in [-0.2, 0) is 4.79 Å². The lowest BCUT2D eigenvalue weighted by Crippen LogP contribution is -2.07. The Morgan fingerprint density at radius 3 is 2.17 bits per heavy atom. The van der Waals surface area contributed by atoms with E-state index < -0.39 is 6.23 Å². The molecule has 98 valence electrons. The summed E-state index contributed by atoms with van der Waals surface area (Å²) in [5.41, 5.74) is 0.573. The fraction of sp³-hybridized carbons (Fsp3) is 0.385. The molecule has 18 heavy (non-hydrogen) atoms. The van der Waals surface area contributed by atoms with Crippen LogP contribution in [0.5, 0.6) is 5.75 Å². The number of hydrogen-bond acceptors (Lipinski definition) is 5. The minimum absolute atomic E-state index is 0.167. The topological polar surface area (TPSA) is 76.0 Å². The predicted molar refractivity (Wildman–Crippen MR) is 67.4 cm³/mol. The van der Waals surface area contributed by atoms with Gasteiger partial charge >= 0.3 is 0 Å². The number of aliphatic imine (C=N–C) groups is 1. The van der Waals surface area contributed by atoms with Gasteiger partial charge in [-0.2, -0.15) is 4.99 Å². The molecule has 0 spiro atoms. The van der Waals surface area contributed by atoms with Crippen molar-refractivity contribution in [2.24, 2.45) is 4.99 Å². The second kappa shape index (κ2) is 9.10. The quantitative estimate of drug-likeness (QED) is 0.504. The molecule has 1 atom stereocenters. The van der Waals surface area contributed by atoms with Crippen LogP contribution in [0.1, 0.15) is 31.1 Å². The van der Waals surface area contributed by atoms with Gasteiger partial charge in [-0.1, -0.05) is 0 Å². The Balaban J connectivity index is 0.000000631. The van der Waals surface area contributed by atoms with Gasteiger partial charge in [0.25, 0.3) is 0 Å². The second-order valence-corrected chi connectivity index (χ2v) is 3.72. The molecule has 1 unspecified atom stereocenters. The van der Waals surface area contributed by atoms with Crippen molar-refractivity contribution >= 4 is 12.4 Å². The third kappa shape index (κ3) is 8.21. The number of carbonyl (C=O) groups excluding carboxylic acids is 2. The molecule has 0 aliphatic carbocycles. The van der Waals surface area contributed by atoms with Crippen molar-refractivity contribution in [3.8, 4) is 5.75 Å². The number of hydrogen-bond donors (Lipinski definition) is 1. The number of aldehydes is 1. The van der Waals surface area contributed by atoms with Gasteiger partial charge in [-0.3, -0.25) is 4.79 Å². The van der Waals surface area contributed by atoms with Gasteiger partial charge in [-0.25, -0.2) is 4.79 Å². The van der Waals surface area contributed by atoms with Crippen LogP contribution in [0.25, 0.3) is 0 Å². The van der Waals surface area contributed by atoms with E-state index in [1.165, 1.54) is 6.08 Å². The third-order valence-electron chi connectivity index (χ3n) is 1.56.